The van der Waals surface area contributed by atoms with E-state index in [9.17, 15) is 9.59 Å². The quantitative estimate of drug-likeness (QED) is 0.564. The molecule has 2 atom stereocenters. The van der Waals surface area contributed by atoms with Gasteiger partial charge in [0.05, 0.1) is 31.2 Å². The minimum Gasteiger partial charge on any atom is -0.370 e. The number of carbonyl (C=O) groups excluding carboxylic acids is 2. The van der Waals surface area contributed by atoms with Gasteiger partial charge in [-0.1, -0.05) is 35.5 Å². The third-order valence-electron chi connectivity index (χ3n) is 4.31. The molecular weight excluding hydrogens is 334 g/mol. The van der Waals surface area contributed by atoms with Crippen molar-refractivity contribution in [2.24, 2.45) is 5.73 Å². The van der Waals surface area contributed by atoms with E-state index in [1.54, 1.807) is 0 Å². The second-order valence-electron chi connectivity index (χ2n) is 6.30. The second-order valence-corrected chi connectivity index (χ2v) is 6.30. The molecule has 5 N–H and O–H groups in total. The highest BCUT2D eigenvalue weighted by atomic mass is 16.2. The minimum absolute atomic E-state index is 0.0301. The molecule has 1 saturated heterocycles. The lowest BCUT2D eigenvalue weighted by Gasteiger charge is -2.18. The number of nitrogens with two attached hydrogens (primary N) is 1. The lowest BCUT2D eigenvalue weighted by molar-refractivity contribution is -0.118. The predicted octanol–water partition coefficient (Wildman–Crippen LogP) is 0.228. The number of nitrogens with zero attached hydrogens (tertiary/aromatic N) is 3. The van der Waals surface area contributed by atoms with Crippen LogP contribution in [0.2, 0.25) is 0 Å². The Hall–Kier alpha value is -2.94. The van der Waals surface area contributed by atoms with E-state index in [0.717, 1.165) is 25.1 Å². The van der Waals surface area contributed by atoms with Gasteiger partial charge in [0, 0.05) is 6.54 Å². The van der Waals surface area contributed by atoms with Gasteiger partial charge in [-0.15, -0.1) is 5.10 Å². The number of aromatic nitrogens is 3. The Labute approximate surface area is 151 Å². The van der Waals surface area contributed by atoms with E-state index in [-0.39, 0.29) is 13.0 Å². The highest BCUT2D eigenvalue weighted by molar-refractivity contribution is 5.78. The van der Waals surface area contributed by atoms with Crippen molar-refractivity contribution in [3.8, 4) is 0 Å². The van der Waals surface area contributed by atoms with Crippen LogP contribution in [0.15, 0.2) is 36.5 Å². The van der Waals surface area contributed by atoms with Crippen molar-refractivity contribution in [2.45, 2.75) is 31.5 Å². The Morgan fingerprint density at radius 1 is 1.35 bits per heavy atom. The molecule has 0 aliphatic carbocycles. The Balaban J connectivity index is 1.54. The molecule has 3 amide bonds. The van der Waals surface area contributed by atoms with Crippen molar-refractivity contribution in [3.05, 3.63) is 47.8 Å². The van der Waals surface area contributed by atoms with Gasteiger partial charge in [-0.3, -0.25) is 4.79 Å². The molecule has 26 heavy (non-hydrogen) atoms. The smallest absolute Gasteiger partial charge is 0.315 e. The summed E-state index contributed by atoms with van der Waals surface area (Å²) in [6, 6.07) is 8.69. The van der Waals surface area contributed by atoms with Gasteiger partial charge in [0.15, 0.2) is 0 Å². The fourth-order valence-electron chi connectivity index (χ4n) is 2.96. The molecule has 1 unspecified atom stereocenters. The SMILES string of the molecule is NC(=O)C[C@H](NC(=O)NCc1cn(C2CCNC2)nn1)c1ccccc1. The zero-order valence-electron chi connectivity index (χ0n) is 14.4. The zero-order valence-corrected chi connectivity index (χ0v) is 14.4. The van der Waals surface area contributed by atoms with Crippen molar-refractivity contribution in [1.82, 2.24) is 30.9 Å². The zero-order chi connectivity index (χ0) is 18.4. The number of primary amides is 1. The van der Waals surface area contributed by atoms with Gasteiger partial charge in [-0.2, -0.15) is 0 Å². The molecule has 0 spiro atoms. The summed E-state index contributed by atoms with van der Waals surface area (Å²) in [5.74, 6) is -0.479. The molecule has 0 radical (unpaired) electrons. The van der Waals surface area contributed by atoms with Crippen LogP contribution in [-0.2, 0) is 11.3 Å². The number of rotatable bonds is 7. The molecule has 1 aromatic carbocycles. The maximum Gasteiger partial charge on any atom is 0.315 e. The maximum atomic E-state index is 12.2. The number of hydrogen-bond donors (Lipinski definition) is 4. The first-order chi connectivity index (χ1) is 12.6. The van der Waals surface area contributed by atoms with Crippen molar-refractivity contribution in [1.29, 1.82) is 0 Å². The normalized spacial score (nSPS) is 17.6. The third kappa shape index (κ3) is 4.79. The highest BCUT2D eigenvalue weighted by Gasteiger charge is 2.19. The minimum atomic E-state index is -0.479. The van der Waals surface area contributed by atoms with Crippen molar-refractivity contribution < 1.29 is 9.59 Å². The van der Waals surface area contributed by atoms with E-state index in [1.807, 2.05) is 41.2 Å². The average Bonchev–Trinajstić information content (AvgIpc) is 3.31. The van der Waals surface area contributed by atoms with Crippen molar-refractivity contribution >= 4 is 11.9 Å². The van der Waals surface area contributed by atoms with E-state index in [0.29, 0.717) is 11.7 Å². The van der Waals surface area contributed by atoms with E-state index in [4.69, 9.17) is 5.73 Å². The summed E-state index contributed by atoms with van der Waals surface area (Å²) in [5, 5.41) is 17.0. The van der Waals surface area contributed by atoms with Gasteiger partial charge in [-0.05, 0) is 18.5 Å². The molecule has 1 aromatic heterocycles. The summed E-state index contributed by atoms with van der Waals surface area (Å²) in [5.41, 5.74) is 6.80. The molecule has 1 fully saturated rings. The van der Waals surface area contributed by atoms with Gasteiger partial charge in [0.1, 0.15) is 5.69 Å². The fourth-order valence-corrected chi connectivity index (χ4v) is 2.96. The number of amides is 3. The van der Waals surface area contributed by atoms with Crippen molar-refractivity contribution in [2.75, 3.05) is 13.1 Å². The van der Waals surface area contributed by atoms with Gasteiger partial charge in [-0.25, -0.2) is 9.48 Å². The largest absolute Gasteiger partial charge is 0.370 e. The van der Waals surface area contributed by atoms with Gasteiger partial charge in [0.2, 0.25) is 5.91 Å². The molecule has 9 heteroatoms. The number of carbonyl (C=O) groups is 2. The number of hydrogen-bond acceptors (Lipinski definition) is 5. The molecular formula is C17H23N7O2. The summed E-state index contributed by atoms with van der Waals surface area (Å²) in [7, 11) is 0. The molecule has 0 saturated carbocycles. The van der Waals surface area contributed by atoms with Crippen LogP contribution in [-0.4, -0.2) is 40.0 Å². The van der Waals surface area contributed by atoms with E-state index in [2.05, 4.69) is 26.3 Å². The lowest BCUT2D eigenvalue weighted by Crippen LogP contribution is -2.39. The fraction of sp³-hybridized carbons (Fsp3) is 0.412. The molecule has 138 valence electrons. The average molecular weight is 357 g/mol. The van der Waals surface area contributed by atoms with Gasteiger partial charge in [0.25, 0.3) is 0 Å². The summed E-state index contributed by atoms with van der Waals surface area (Å²) < 4.78 is 1.83. The van der Waals surface area contributed by atoms with Crippen LogP contribution >= 0.6 is 0 Å². The predicted molar refractivity (Wildman–Crippen MR) is 94.9 cm³/mol. The monoisotopic (exact) mass is 357 g/mol. The summed E-state index contributed by atoms with van der Waals surface area (Å²) >= 11 is 0. The van der Waals surface area contributed by atoms with Crippen LogP contribution in [0.5, 0.6) is 0 Å². The topological polar surface area (TPSA) is 127 Å². The Morgan fingerprint density at radius 2 is 2.15 bits per heavy atom. The third-order valence-corrected chi connectivity index (χ3v) is 4.31. The van der Waals surface area contributed by atoms with Crippen molar-refractivity contribution in [3.63, 3.8) is 0 Å². The Kier molecular flexibility index (Phi) is 5.80. The van der Waals surface area contributed by atoms with Gasteiger partial charge < -0.3 is 21.7 Å². The van der Waals surface area contributed by atoms with Crippen LogP contribution in [0.3, 0.4) is 0 Å². The molecule has 2 heterocycles. The van der Waals surface area contributed by atoms with E-state index >= 15 is 0 Å². The number of nitrogens with one attached hydrogen (secondary N) is 3. The van der Waals surface area contributed by atoms with Crippen LogP contribution in [0.1, 0.15) is 36.2 Å². The number of urea groups is 1. The summed E-state index contributed by atoms with van der Waals surface area (Å²) in [6.07, 6.45) is 2.89. The Morgan fingerprint density at radius 3 is 2.85 bits per heavy atom. The Bertz CT molecular complexity index is 741. The molecule has 0 bridgehead atoms. The van der Waals surface area contributed by atoms with Crippen LogP contribution in [0, 0.1) is 0 Å². The first-order valence-electron chi connectivity index (χ1n) is 8.61. The van der Waals surface area contributed by atoms with Crippen LogP contribution < -0.4 is 21.7 Å². The molecule has 9 nitrogen and oxygen atoms in total. The molecule has 3 rings (SSSR count). The van der Waals surface area contributed by atoms with E-state index in [1.165, 1.54) is 0 Å². The maximum absolute atomic E-state index is 12.2. The standard InChI is InChI=1S/C17H23N7O2/c18-16(25)8-15(12-4-2-1-3-5-12)21-17(26)20-9-13-11-24(23-22-13)14-6-7-19-10-14/h1-5,11,14-15,19H,6-10H2,(H2,18,25)(H2,20,21,26)/t14?,15-/m0/s1. The first kappa shape index (κ1) is 17.9. The molecule has 1 aliphatic rings. The highest BCUT2D eigenvalue weighted by Crippen LogP contribution is 2.16. The summed E-state index contributed by atoms with van der Waals surface area (Å²) in [6.45, 7) is 2.11. The molecule has 2 aromatic rings. The molecule has 1 aliphatic heterocycles. The second kappa shape index (κ2) is 8.43. The van der Waals surface area contributed by atoms with Gasteiger partial charge >= 0.3 is 6.03 Å². The lowest BCUT2D eigenvalue weighted by atomic mass is 10.0. The number of benzene rings is 1. The first-order valence-corrected chi connectivity index (χ1v) is 8.61. The van der Waals surface area contributed by atoms with E-state index < -0.39 is 18.0 Å². The van der Waals surface area contributed by atoms with Crippen LogP contribution in [0.4, 0.5) is 4.79 Å². The van der Waals surface area contributed by atoms with Crippen LogP contribution in [0.25, 0.3) is 0 Å². The summed E-state index contributed by atoms with van der Waals surface area (Å²) in [4.78, 5) is 23.5.